The third kappa shape index (κ3) is 3.31. The highest BCUT2D eigenvalue weighted by atomic mass is 35.5. The molecule has 8 nitrogen and oxygen atoms in total. The van der Waals surface area contributed by atoms with Crippen molar-refractivity contribution in [3.8, 4) is 17.2 Å². The number of hydrazine groups is 1. The maximum absolute atomic E-state index is 12.4. The summed E-state index contributed by atoms with van der Waals surface area (Å²) >= 11 is 6.13. The Labute approximate surface area is 160 Å². The van der Waals surface area contributed by atoms with Crippen LogP contribution in [0.1, 0.15) is 22.0 Å². The number of anilines is 1. The van der Waals surface area contributed by atoms with Crippen molar-refractivity contribution < 1.29 is 24.9 Å². The first-order valence-electron chi connectivity index (χ1n) is 8.01. The summed E-state index contributed by atoms with van der Waals surface area (Å²) in [5.41, 5.74) is 4.01. The fourth-order valence-electron chi connectivity index (χ4n) is 2.78. The van der Waals surface area contributed by atoms with E-state index < -0.39 is 40.5 Å². The van der Waals surface area contributed by atoms with Gasteiger partial charge in [-0.1, -0.05) is 12.1 Å². The van der Waals surface area contributed by atoms with Crippen LogP contribution in [0.15, 0.2) is 36.4 Å². The lowest BCUT2D eigenvalue weighted by molar-refractivity contribution is -0.149. The monoisotopic (exact) mass is 391 g/mol. The zero-order valence-corrected chi connectivity index (χ0v) is 15.3. The second-order valence-electron chi connectivity index (χ2n) is 6.34. The summed E-state index contributed by atoms with van der Waals surface area (Å²) in [6.07, 6.45) is 0. The zero-order valence-electron chi connectivity index (χ0n) is 14.5. The van der Waals surface area contributed by atoms with E-state index in [2.05, 4.69) is 5.43 Å². The predicted octanol–water partition coefficient (Wildman–Crippen LogP) is 1.71. The Balaban J connectivity index is 1.80. The summed E-state index contributed by atoms with van der Waals surface area (Å²) in [5.74, 6) is -3.25. The van der Waals surface area contributed by atoms with E-state index in [-0.39, 0.29) is 5.56 Å². The largest absolute Gasteiger partial charge is 0.504 e. The molecule has 1 heterocycles. The molecule has 27 heavy (non-hydrogen) atoms. The molecule has 3 rings (SSSR count). The molecule has 0 spiro atoms. The number of benzene rings is 2. The van der Waals surface area contributed by atoms with Gasteiger partial charge in [-0.25, -0.2) is 5.01 Å². The van der Waals surface area contributed by atoms with Crippen LogP contribution in [0.2, 0.25) is 0 Å². The van der Waals surface area contributed by atoms with Gasteiger partial charge < -0.3 is 20.2 Å². The Bertz CT molecular complexity index is 877. The molecule has 1 fully saturated rings. The SMILES string of the molecule is CN(C)c1ccc(C2C(Cl)C(=O)N2NC(=O)c2cc(O)c(O)c(O)c2)cc1. The lowest BCUT2D eigenvalue weighted by Gasteiger charge is -2.44. The van der Waals surface area contributed by atoms with Crippen LogP contribution in [0.5, 0.6) is 17.2 Å². The van der Waals surface area contributed by atoms with Crippen LogP contribution in [0, 0.1) is 0 Å². The molecular formula is C18H18ClN3O5. The normalized spacial score (nSPS) is 18.8. The molecule has 1 saturated heterocycles. The van der Waals surface area contributed by atoms with E-state index >= 15 is 0 Å². The standard InChI is InChI=1S/C18H18ClN3O5/c1-21(2)11-5-3-9(4-6-11)15-14(19)18(27)22(15)20-17(26)10-7-12(23)16(25)13(24)8-10/h3-8,14-15,23-25H,1-2H3,(H,20,26). The molecule has 4 N–H and O–H groups in total. The summed E-state index contributed by atoms with van der Waals surface area (Å²) in [4.78, 5) is 26.4. The Morgan fingerprint density at radius 3 is 2.19 bits per heavy atom. The Morgan fingerprint density at radius 2 is 1.67 bits per heavy atom. The minimum Gasteiger partial charge on any atom is -0.504 e. The van der Waals surface area contributed by atoms with Crippen LogP contribution >= 0.6 is 11.6 Å². The average Bonchev–Trinajstić information content (AvgIpc) is 2.65. The summed E-state index contributed by atoms with van der Waals surface area (Å²) < 4.78 is 0. The molecule has 2 atom stereocenters. The lowest BCUT2D eigenvalue weighted by atomic mass is 9.95. The summed E-state index contributed by atoms with van der Waals surface area (Å²) in [6, 6.07) is 8.79. The van der Waals surface area contributed by atoms with Crippen molar-refractivity contribution >= 4 is 29.1 Å². The molecular weight excluding hydrogens is 374 g/mol. The number of alkyl halides is 1. The molecule has 1 aliphatic rings. The second kappa shape index (κ2) is 6.88. The van der Waals surface area contributed by atoms with Gasteiger partial charge in [0.05, 0.1) is 0 Å². The van der Waals surface area contributed by atoms with E-state index in [4.69, 9.17) is 11.6 Å². The Morgan fingerprint density at radius 1 is 1.11 bits per heavy atom. The van der Waals surface area contributed by atoms with Gasteiger partial charge in [-0.05, 0) is 29.8 Å². The van der Waals surface area contributed by atoms with Gasteiger partial charge in [0, 0.05) is 25.3 Å². The number of amides is 2. The molecule has 2 aromatic carbocycles. The highest BCUT2D eigenvalue weighted by Gasteiger charge is 2.48. The van der Waals surface area contributed by atoms with E-state index in [1.165, 1.54) is 0 Å². The van der Waals surface area contributed by atoms with Crippen molar-refractivity contribution in [2.24, 2.45) is 0 Å². The molecule has 2 aromatic rings. The zero-order chi connectivity index (χ0) is 19.9. The molecule has 9 heteroatoms. The van der Waals surface area contributed by atoms with Gasteiger partial charge in [-0.2, -0.15) is 0 Å². The number of nitrogens with zero attached hydrogens (tertiary/aromatic N) is 2. The number of hydrogen-bond acceptors (Lipinski definition) is 6. The molecule has 0 radical (unpaired) electrons. The van der Waals surface area contributed by atoms with Gasteiger partial charge >= 0.3 is 0 Å². The van der Waals surface area contributed by atoms with Gasteiger partial charge in [0.1, 0.15) is 11.4 Å². The molecule has 1 aliphatic heterocycles. The number of rotatable bonds is 4. The predicted molar refractivity (Wildman–Crippen MR) is 98.9 cm³/mol. The van der Waals surface area contributed by atoms with Gasteiger partial charge in [-0.3, -0.25) is 15.0 Å². The Kier molecular flexibility index (Phi) is 4.75. The van der Waals surface area contributed by atoms with Gasteiger partial charge in [0.2, 0.25) is 0 Å². The fraction of sp³-hybridized carbons (Fsp3) is 0.222. The van der Waals surface area contributed by atoms with Crippen LogP contribution < -0.4 is 10.3 Å². The van der Waals surface area contributed by atoms with Gasteiger partial charge in [0.25, 0.3) is 11.8 Å². The molecule has 0 bridgehead atoms. The molecule has 2 unspecified atom stereocenters. The van der Waals surface area contributed by atoms with Crippen molar-refractivity contribution in [3.63, 3.8) is 0 Å². The van der Waals surface area contributed by atoms with Crippen molar-refractivity contribution in [2.75, 3.05) is 19.0 Å². The number of phenols is 3. The number of hydrogen-bond donors (Lipinski definition) is 4. The van der Waals surface area contributed by atoms with Crippen molar-refractivity contribution in [1.29, 1.82) is 0 Å². The molecule has 0 aromatic heterocycles. The summed E-state index contributed by atoms with van der Waals surface area (Å²) in [6.45, 7) is 0. The number of phenolic OH excluding ortho intramolecular Hbond substituents is 3. The van der Waals surface area contributed by atoms with Crippen LogP contribution in [-0.4, -0.2) is 51.6 Å². The van der Waals surface area contributed by atoms with Crippen molar-refractivity contribution in [1.82, 2.24) is 10.4 Å². The number of β-lactam (4-membered cyclic amide) rings is 1. The minimum absolute atomic E-state index is 0.129. The van der Waals surface area contributed by atoms with Crippen LogP contribution in [-0.2, 0) is 4.79 Å². The van der Waals surface area contributed by atoms with Crippen LogP contribution in [0.4, 0.5) is 5.69 Å². The van der Waals surface area contributed by atoms with E-state index in [9.17, 15) is 24.9 Å². The molecule has 2 amide bonds. The first kappa shape index (κ1) is 18.7. The topological polar surface area (TPSA) is 113 Å². The smallest absolute Gasteiger partial charge is 0.270 e. The van der Waals surface area contributed by atoms with Crippen LogP contribution in [0.3, 0.4) is 0 Å². The number of carbonyl (C=O) groups excluding carboxylic acids is 2. The second-order valence-corrected chi connectivity index (χ2v) is 6.82. The highest BCUT2D eigenvalue weighted by Crippen LogP contribution is 2.38. The lowest BCUT2D eigenvalue weighted by Crippen LogP contribution is -2.63. The summed E-state index contributed by atoms with van der Waals surface area (Å²) in [5, 5.41) is 28.7. The first-order valence-corrected chi connectivity index (χ1v) is 8.44. The summed E-state index contributed by atoms with van der Waals surface area (Å²) in [7, 11) is 3.81. The maximum atomic E-state index is 12.4. The van der Waals surface area contributed by atoms with Crippen molar-refractivity contribution in [2.45, 2.75) is 11.4 Å². The fourth-order valence-corrected chi connectivity index (χ4v) is 3.14. The molecule has 0 aliphatic carbocycles. The van der Waals surface area contributed by atoms with E-state index in [0.29, 0.717) is 0 Å². The van der Waals surface area contributed by atoms with E-state index in [1.54, 1.807) is 0 Å². The average molecular weight is 392 g/mol. The quantitative estimate of drug-likeness (QED) is 0.358. The van der Waals surface area contributed by atoms with Crippen LogP contribution in [0.25, 0.3) is 0 Å². The van der Waals surface area contributed by atoms with E-state index in [1.807, 2.05) is 43.3 Å². The molecule has 0 saturated carbocycles. The number of halogens is 1. The Hall–Kier alpha value is -3.13. The van der Waals surface area contributed by atoms with Crippen molar-refractivity contribution in [3.05, 3.63) is 47.5 Å². The van der Waals surface area contributed by atoms with Gasteiger partial charge in [0.15, 0.2) is 17.2 Å². The highest BCUT2D eigenvalue weighted by molar-refractivity contribution is 6.33. The number of aromatic hydroxyl groups is 3. The number of nitrogens with one attached hydrogen (secondary N) is 1. The first-order chi connectivity index (χ1) is 12.7. The molecule has 142 valence electrons. The minimum atomic E-state index is -0.822. The third-order valence-corrected chi connectivity index (χ3v) is 4.76. The number of carbonyl (C=O) groups is 2. The maximum Gasteiger partial charge on any atom is 0.270 e. The van der Waals surface area contributed by atoms with E-state index in [0.717, 1.165) is 28.4 Å². The third-order valence-electron chi connectivity index (χ3n) is 4.33. The van der Waals surface area contributed by atoms with Gasteiger partial charge in [-0.15, -0.1) is 11.6 Å².